The van der Waals surface area contributed by atoms with Crippen LogP contribution in [0.3, 0.4) is 0 Å². The van der Waals surface area contributed by atoms with Crippen LogP contribution in [0.15, 0.2) is 24.3 Å². The van der Waals surface area contributed by atoms with Crippen LogP contribution < -0.4 is 15.4 Å². The molecule has 0 bridgehead atoms. The highest BCUT2D eigenvalue weighted by atomic mass is 16.6. The van der Waals surface area contributed by atoms with Gasteiger partial charge in [-0.1, -0.05) is 12.1 Å². The molecule has 174 valence electrons. The van der Waals surface area contributed by atoms with Gasteiger partial charge in [-0.05, 0) is 65.7 Å². The summed E-state index contributed by atoms with van der Waals surface area (Å²) in [5.41, 5.74) is -0.527. The van der Waals surface area contributed by atoms with E-state index in [-0.39, 0.29) is 6.42 Å². The van der Waals surface area contributed by atoms with Crippen molar-refractivity contribution >= 4 is 18.2 Å². The summed E-state index contributed by atoms with van der Waals surface area (Å²) in [4.78, 5) is 34.9. The molecule has 3 N–H and O–H groups in total. The Morgan fingerprint density at radius 3 is 2.00 bits per heavy atom. The molecule has 0 aliphatic carbocycles. The molecular formula is C22H34N2O7. The largest absolute Gasteiger partial charge is 0.494 e. The molecule has 0 heterocycles. The number of rotatable bonds is 9. The average Bonchev–Trinajstić information content (AvgIpc) is 2.59. The minimum Gasteiger partial charge on any atom is -0.494 e. The molecule has 0 spiro atoms. The van der Waals surface area contributed by atoms with Crippen LogP contribution >= 0.6 is 0 Å². The number of carboxylic acids is 1. The van der Waals surface area contributed by atoms with Gasteiger partial charge in [-0.3, -0.25) is 0 Å². The van der Waals surface area contributed by atoms with Gasteiger partial charge in [0.25, 0.3) is 0 Å². The molecule has 1 rings (SSSR count). The molecule has 1 aromatic rings. The van der Waals surface area contributed by atoms with Gasteiger partial charge in [0.2, 0.25) is 0 Å². The normalized spacial score (nSPS) is 12.5. The number of carbonyl (C=O) groups is 3. The summed E-state index contributed by atoms with van der Waals surface area (Å²) in [6, 6.07) is 5.81. The molecule has 1 atom stereocenters. The van der Waals surface area contributed by atoms with E-state index in [0.29, 0.717) is 25.3 Å². The highest BCUT2D eigenvalue weighted by Gasteiger charge is 2.24. The maximum atomic E-state index is 11.8. The number of benzene rings is 1. The lowest BCUT2D eigenvalue weighted by molar-refractivity contribution is -0.139. The van der Waals surface area contributed by atoms with Crippen LogP contribution in [-0.2, 0) is 20.7 Å². The molecule has 0 aromatic heterocycles. The Bertz CT molecular complexity index is 734. The fourth-order valence-electron chi connectivity index (χ4n) is 2.37. The summed E-state index contributed by atoms with van der Waals surface area (Å²) in [5.74, 6) is -0.531. The van der Waals surface area contributed by atoms with Crippen molar-refractivity contribution in [1.29, 1.82) is 0 Å². The minimum atomic E-state index is -1.15. The Hall–Kier alpha value is -2.97. The zero-order valence-electron chi connectivity index (χ0n) is 19.1. The molecule has 9 heteroatoms. The van der Waals surface area contributed by atoms with E-state index in [2.05, 4.69) is 10.6 Å². The second-order valence-corrected chi connectivity index (χ2v) is 9.02. The lowest BCUT2D eigenvalue weighted by Crippen LogP contribution is -2.44. The van der Waals surface area contributed by atoms with Gasteiger partial charge in [0.05, 0.1) is 6.61 Å². The number of nitrogens with one attached hydrogen (secondary N) is 2. The molecule has 0 aliphatic rings. The smallest absolute Gasteiger partial charge is 0.408 e. The van der Waals surface area contributed by atoms with Crippen molar-refractivity contribution in [3.05, 3.63) is 29.8 Å². The molecule has 0 radical (unpaired) electrons. The van der Waals surface area contributed by atoms with Crippen LogP contribution in [0.2, 0.25) is 0 Å². The van der Waals surface area contributed by atoms with Gasteiger partial charge < -0.3 is 30.0 Å². The highest BCUT2D eigenvalue weighted by molar-refractivity contribution is 5.80. The maximum Gasteiger partial charge on any atom is 0.408 e. The molecule has 0 aliphatic heterocycles. The fraction of sp³-hybridized carbons (Fsp3) is 0.591. The summed E-state index contributed by atoms with van der Waals surface area (Å²) in [6.45, 7) is 11.3. The lowest BCUT2D eigenvalue weighted by Gasteiger charge is -2.22. The lowest BCUT2D eigenvalue weighted by atomic mass is 10.1. The van der Waals surface area contributed by atoms with Crippen molar-refractivity contribution < 1.29 is 33.7 Å². The van der Waals surface area contributed by atoms with E-state index in [1.165, 1.54) is 0 Å². The second kappa shape index (κ2) is 11.4. The first-order valence-corrected chi connectivity index (χ1v) is 10.2. The van der Waals surface area contributed by atoms with Crippen LogP contribution in [0.4, 0.5) is 9.59 Å². The monoisotopic (exact) mass is 438 g/mol. The predicted octanol–water partition coefficient (Wildman–Crippen LogP) is 3.50. The number of alkyl carbamates (subject to hydrolysis) is 2. The molecule has 2 amide bonds. The van der Waals surface area contributed by atoms with Gasteiger partial charge >= 0.3 is 18.2 Å². The Morgan fingerprint density at radius 1 is 0.935 bits per heavy atom. The van der Waals surface area contributed by atoms with Crippen molar-refractivity contribution in [3.8, 4) is 5.75 Å². The van der Waals surface area contributed by atoms with Crippen molar-refractivity contribution in [3.63, 3.8) is 0 Å². The van der Waals surface area contributed by atoms with E-state index < -0.39 is 35.4 Å². The third-order valence-corrected chi connectivity index (χ3v) is 3.61. The third-order valence-electron chi connectivity index (χ3n) is 3.61. The van der Waals surface area contributed by atoms with Crippen molar-refractivity contribution in [1.82, 2.24) is 10.6 Å². The van der Waals surface area contributed by atoms with E-state index >= 15 is 0 Å². The van der Waals surface area contributed by atoms with E-state index in [1.54, 1.807) is 65.8 Å². The first-order valence-electron chi connectivity index (χ1n) is 10.2. The number of carbonyl (C=O) groups excluding carboxylic acids is 2. The molecule has 31 heavy (non-hydrogen) atoms. The first-order chi connectivity index (χ1) is 14.2. The van der Waals surface area contributed by atoms with Crippen LogP contribution in [-0.4, -0.2) is 53.7 Å². The quantitative estimate of drug-likeness (QED) is 0.504. The van der Waals surface area contributed by atoms with Crippen LogP contribution in [0.25, 0.3) is 0 Å². The van der Waals surface area contributed by atoms with Crippen LogP contribution in [0.1, 0.15) is 53.5 Å². The summed E-state index contributed by atoms with van der Waals surface area (Å²) in [6.07, 6.45) is -0.541. The summed E-state index contributed by atoms with van der Waals surface area (Å²) >= 11 is 0. The number of aliphatic carboxylic acids is 1. The van der Waals surface area contributed by atoms with Gasteiger partial charge in [0.1, 0.15) is 23.0 Å². The number of hydrogen-bond acceptors (Lipinski definition) is 6. The summed E-state index contributed by atoms with van der Waals surface area (Å²) in [5, 5.41) is 14.4. The Labute approximate surface area is 183 Å². The number of carboxylic acid groups (broad SMARTS) is 1. The maximum absolute atomic E-state index is 11.8. The predicted molar refractivity (Wildman–Crippen MR) is 115 cm³/mol. The first kappa shape index (κ1) is 26.1. The molecule has 1 unspecified atom stereocenters. The average molecular weight is 439 g/mol. The van der Waals surface area contributed by atoms with E-state index in [9.17, 15) is 19.5 Å². The topological polar surface area (TPSA) is 123 Å². The third kappa shape index (κ3) is 12.3. The summed E-state index contributed by atoms with van der Waals surface area (Å²) < 4.78 is 15.9. The van der Waals surface area contributed by atoms with Gasteiger partial charge in [-0.25, -0.2) is 14.4 Å². The van der Waals surface area contributed by atoms with E-state index in [1.807, 2.05) is 0 Å². The zero-order valence-corrected chi connectivity index (χ0v) is 19.1. The fourth-order valence-corrected chi connectivity index (χ4v) is 2.37. The standard InChI is InChI=1S/C22H34N2O7/c1-21(2,3)30-19(27)23-12-7-13-29-16-10-8-15(9-11-16)14-17(18(25)26)24-20(28)31-22(4,5)6/h8-11,17H,7,12-14H2,1-6H3,(H,23,27)(H,24,28)(H,25,26). The molecule has 0 fully saturated rings. The Morgan fingerprint density at radius 2 is 1.48 bits per heavy atom. The minimum absolute atomic E-state index is 0.106. The Kier molecular flexibility index (Phi) is 9.61. The molecule has 9 nitrogen and oxygen atoms in total. The molecular weight excluding hydrogens is 404 g/mol. The van der Waals surface area contributed by atoms with Crippen LogP contribution in [0.5, 0.6) is 5.75 Å². The molecule has 1 aromatic carbocycles. The van der Waals surface area contributed by atoms with Crippen molar-refractivity contribution in [2.75, 3.05) is 13.2 Å². The van der Waals surface area contributed by atoms with Gasteiger partial charge in [0, 0.05) is 13.0 Å². The van der Waals surface area contributed by atoms with Gasteiger partial charge in [-0.15, -0.1) is 0 Å². The number of hydrogen-bond donors (Lipinski definition) is 3. The van der Waals surface area contributed by atoms with Gasteiger partial charge in [-0.2, -0.15) is 0 Å². The number of ether oxygens (including phenoxy) is 3. The highest BCUT2D eigenvalue weighted by Crippen LogP contribution is 2.14. The zero-order chi connectivity index (χ0) is 23.7. The van der Waals surface area contributed by atoms with Crippen LogP contribution in [0, 0.1) is 0 Å². The van der Waals surface area contributed by atoms with Crippen molar-refractivity contribution in [2.45, 2.75) is 71.6 Å². The van der Waals surface area contributed by atoms with E-state index in [4.69, 9.17) is 14.2 Å². The van der Waals surface area contributed by atoms with E-state index in [0.717, 1.165) is 5.56 Å². The SMILES string of the molecule is CC(C)(C)OC(=O)NCCCOc1ccc(CC(NC(=O)OC(C)(C)C)C(=O)O)cc1. The van der Waals surface area contributed by atoms with Crippen molar-refractivity contribution in [2.24, 2.45) is 0 Å². The van der Waals surface area contributed by atoms with Gasteiger partial charge in [0.15, 0.2) is 0 Å². The molecule has 0 saturated carbocycles. The number of amides is 2. The Balaban J connectivity index is 2.43. The summed E-state index contributed by atoms with van der Waals surface area (Å²) in [7, 11) is 0. The second-order valence-electron chi connectivity index (χ2n) is 9.02. The molecule has 0 saturated heterocycles.